The monoisotopic (exact) mass is 513 g/mol. The van der Waals surface area contributed by atoms with Gasteiger partial charge < -0.3 is 19.5 Å². The van der Waals surface area contributed by atoms with Crippen molar-refractivity contribution >= 4 is 45.7 Å². The molecule has 3 aromatic rings. The number of nitrogens with one attached hydrogen (secondary N) is 1. The zero-order valence-electron chi connectivity index (χ0n) is 18.2. The van der Waals surface area contributed by atoms with E-state index in [1.165, 1.54) is 25.3 Å². The van der Waals surface area contributed by atoms with Crippen molar-refractivity contribution in [3.05, 3.63) is 69.3 Å². The van der Waals surface area contributed by atoms with Gasteiger partial charge in [-0.2, -0.15) is 13.2 Å². The number of carbonyl (C=O) groups excluding carboxylic acids is 1. The lowest BCUT2D eigenvalue weighted by atomic mass is 9.86. The second-order valence-electron chi connectivity index (χ2n) is 7.89. The largest absolute Gasteiger partial charge is 0.435 e. The number of alkyl halides is 3. The van der Waals surface area contributed by atoms with Crippen molar-refractivity contribution in [1.29, 1.82) is 0 Å². The molecule has 6 nitrogen and oxygen atoms in total. The zero-order chi connectivity index (χ0) is 24.7. The summed E-state index contributed by atoms with van der Waals surface area (Å²) in [5.74, 6) is -0.317. The number of carbonyl (C=O) groups is 1. The fraction of sp³-hybridized carbons (Fsp3) is 0.304. The first-order valence-corrected chi connectivity index (χ1v) is 11.0. The number of halogens is 5. The van der Waals surface area contributed by atoms with Gasteiger partial charge in [0.25, 0.3) is 11.5 Å². The number of nitrogens with zero attached hydrogens (tertiary/aromatic N) is 2. The Morgan fingerprint density at radius 1 is 1.24 bits per heavy atom. The molecule has 0 fully saturated rings. The third kappa shape index (κ3) is 4.23. The number of hydrogen-bond acceptors (Lipinski definition) is 4. The van der Waals surface area contributed by atoms with Crippen LogP contribution in [-0.2, 0) is 22.2 Å². The lowest BCUT2D eigenvalue weighted by Crippen LogP contribution is -2.42. The van der Waals surface area contributed by atoms with E-state index in [2.05, 4.69) is 10.5 Å². The zero-order valence-corrected chi connectivity index (χ0v) is 19.7. The van der Waals surface area contributed by atoms with Crippen LogP contribution < -0.4 is 5.32 Å². The van der Waals surface area contributed by atoms with E-state index in [9.17, 15) is 18.0 Å². The third-order valence-corrected chi connectivity index (χ3v) is 6.13. The predicted molar refractivity (Wildman–Crippen MR) is 124 cm³/mol. The highest BCUT2D eigenvalue weighted by molar-refractivity contribution is 6.34. The number of benzene rings is 2. The van der Waals surface area contributed by atoms with E-state index in [1.54, 1.807) is 36.0 Å². The molecule has 34 heavy (non-hydrogen) atoms. The van der Waals surface area contributed by atoms with Crippen LogP contribution in [0.1, 0.15) is 27.9 Å². The number of aryl methyl sites for hydroxylation is 1. The second kappa shape index (κ2) is 9.13. The summed E-state index contributed by atoms with van der Waals surface area (Å²) in [5.41, 5.74) is -1.53. The Bertz CT molecular complexity index is 1270. The van der Waals surface area contributed by atoms with Crippen molar-refractivity contribution in [1.82, 2.24) is 9.88 Å². The summed E-state index contributed by atoms with van der Waals surface area (Å²) < 4.78 is 49.7. The van der Waals surface area contributed by atoms with Crippen LogP contribution >= 0.6 is 23.2 Å². The number of ether oxygens (including phenoxy) is 1. The van der Waals surface area contributed by atoms with Gasteiger partial charge in [0, 0.05) is 59.0 Å². The molecule has 1 unspecified atom stereocenters. The maximum atomic E-state index is 14.4. The number of aromatic nitrogens is 1. The molecule has 2 heterocycles. The first kappa shape index (κ1) is 24.4. The van der Waals surface area contributed by atoms with Gasteiger partial charge in [-0.05, 0) is 30.3 Å². The quantitative estimate of drug-likeness (QED) is 0.446. The molecule has 0 radical (unpaired) electrons. The minimum absolute atomic E-state index is 0.0526. The van der Waals surface area contributed by atoms with Gasteiger partial charge in [0.15, 0.2) is 0 Å². The fourth-order valence-electron chi connectivity index (χ4n) is 4.05. The predicted octanol–water partition coefficient (Wildman–Crippen LogP) is 5.44. The molecule has 180 valence electrons. The standard InChI is InChI=1S/C23H20Cl2F3N3O3/c1-31-7-5-16-17(21(32)29-6-8-33-2)3-4-18(20(16)31)19-12-22(34-30-19,23(26,27)28)13-9-14(24)11-15(25)10-13/h3-5,7,9-11H,6,8,12H2,1-2H3,(H,29,32). The van der Waals surface area contributed by atoms with Gasteiger partial charge in [-0.25, -0.2) is 0 Å². The highest BCUT2D eigenvalue weighted by atomic mass is 35.5. The number of rotatable bonds is 6. The van der Waals surface area contributed by atoms with E-state index in [1.807, 2.05) is 0 Å². The van der Waals surface area contributed by atoms with Gasteiger partial charge in [-0.15, -0.1) is 0 Å². The average Bonchev–Trinajstić information content (AvgIpc) is 3.38. The van der Waals surface area contributed by atoms with Gasteiger partial charge in [0.2, 0.25) is 0 Å². The van der Waals surface area contributed by atoms with E-state index in [4.69, 9.17) is 32.8 Å². The van der Waals surface area contributed by atoms with E-state index in [0.29, 0.717) is 35.2 Å². The molecular formula is C23H20Cl2F3N3O3. The molecule has 11 heteroatoms. The molecule has 0 spiro atoms. The molecule has 1 atom stereocenters. The maximum Gasteiger partial charge on any atom is 0.435 e. The fourth-order valence-corrected chi connectivity index (χ4v) is 4.57. The van der Waals surface area contributed by atoms with Crippen LogP contribution in [0.15, 0.2) is 47.8 Å². The lowest BCUT2D eigenvalue weighted by molar-refractivity contribution is -0.275. The van der Waals surface area contributed by atoms with Crippen molar-refractivity contribution in [3.63, 3.8) is 0 Å². The second-order valence-corrected chi connectivity index (χ2v) is 8.76. The van der Waals surface area contributed by atoms with Crippen LogP contribution in [0, 0.1) is 0 Å². The highest BCUT2D eigenvalue weighted by Gasteiger charge is 2.62. The van der Waals surface area contributed by atoms with Gasteiger partial charge in [0.05, 0.1) is 24.3 Å². The number of amides is 1. The molecular weight excluding hydrogens is 494 g/mol. The van der Waals surface area contributed by atoms with Crippen LogP contribution in [0.3, 0.4) is 0 Å². The van der Waals surface area contributed by atoms with E-state index in [0.717, 1.165) is 0 Å². The molecule has 0 bridgehead atoms. The molecule has 0 saturated carbocycles. The Morgan fingerprint density at radius 2 is 1.94 bits per heavy atom. The normalized spacial score (nSPS) is 18.1. The van der Waals surface area contributed by atoms with Gasteiger partial charge >= 0.3 is 6.18 Å². The van der Waals surface area contributed by atoms with Crippen LogP contribution in [0.25, 0.3) is 10.9 Å². The van der Waals surface area contributed by atoms with Crippen LogP contribution in [0.5, 0.6) is 0 Å². The van der Waals surface area contributed by atoms with Crippen molar-refractivity contribution < 1.29 is 27.5 Å². The summed E-state index contributed by atoms with van der Waals surface area (Å²) in [6.07, 6.45) is -3.67. The lowest BCUT2D eigenvalue weighted by Gasteiger charge is -2.29. The van der Waals surface area contributed by atoms with Gasteiger partial charge in [-0.3, -0.25) is 4.79 Å². The Kier molecular flexibility index (Phi) is 6.54. The van der Waals surface area contributed by atoms with Gasteiger partial charge in [-0.1, -0.05) is 34.4 Å². The molecule has 1 aliphatic rings. The molecule has 1 N–H and O–H groups in total. The van der Waals surface area contributed by atoms with Crippen LogP contribution in [-0.4, -0.2) is 42.6 Å². The number of fused-ring (bicyclic) bond motifs is 1. The topological polar surface area (TPSA) is 64.8 Å². The Balaban J connectivity index is 1.75. The molecule has 1 aliphatic heterocycles. The van der Waals surface area contributed by atoms with Crippen molar-refractivity contribution in [2.45, 2.75) is 18.2 Å². The smallest absolute Gasteiger partial charge is 0.383 e. The Hall–Kier alpha value is -2.75. The summed E-state index contributed by atoms with van der Waals surface area (Å²) in [5, 5.41) is 7.28. The van der Waals surface area contributed by atoms with Crippen LogP contribution in [0.4, 0.5) is 13.2 Å². The number of oxime groups is 1. The number of hydrogen-bond donors (Lipinski definition) is 1. The van der Waals surface area contributed by atoms with E-state index < -0.39 is 18.2 Å². The van der Waals surface area contributed by atoms with Crippen molar-refractivity contribution in [3.8, 4) is 0 Å². The minimum atomic E-state index is -4.80. The first-order valence-electron chi connectivity index (χ1n) is 10.2. The molecule has 0 aliphatic carbocycles. The summed E-state index contributed by atoms with van der Waals surface area (Å²) in [4.78, 5) is 17.8. The molecule has 2 aromatic carbocycles. The summed E-state index contributed by atoms with van der Waals surface area (Å²) >= 11 is 12.0. The molecule has 4 rings (SSSR count). The first-order chi connectivity index (χ1) is 16.1. The summed E-state index contributed by atoms with van der Waals surface area (Å²) in [6.45, 7) is 0.672. The summed E-state index contributed by atoms with van der Waals surface area (Å²) in [7, 11) is 3.27. The highest BCUT2D eigenvalue weighted by Crippen LogP contribution is 2.50. The molecule has 1 aromatic heterocycles. The van der Waals surface area contributed by atoms with Crippen LogP contribution in [0.2, 0.25) is 10.0 Å². The average molecular weight is 514 g/mol. The molecule has 1 amide bonds. The molecule has 0 saturated heterocycles. The maximum absolute atomic E-state index is 14.4. The SMILES string of the molecule is COCCNC(=O)c1ccc(C2=NOC(c3cc(Cl)cc(Cl)c3)(C(F)(F)F)C2)c2c1ccn2C. The Labute approximate surface area is 203 Å². The van der Waals surface area contributed by atoms with E-state index >= 15 is 0 Å². The third-order valence-electron chi connectivity index (χ3n) is 5.70. The minimum Gasteiger partial charge on any atom is -0.383 e. The number of methoxy groups -OCH3 is 1. The Morgan fingerprint density at radius 3 is 2.59 bits per heavy atom. The van der Waals surface area contributed by atoms with Crippen molar-refractivity contribution in [2.24, 2.45) is 12.2 Å². The van der Waals surface area contributed by atoms with Gasteiger partial charge in [0.1, 0.15) is 0 Å². The van der Waals surface area contributed by atoms with Crippen molar-refractivity contribution in [2.75, 3.05) is 20.3 Å². The van der Waals surface area contributed by atoms with E-state index in [-0.39, 0.29) is 27.2 Å². The summed E-state index contributed by atoms with van der Waals surface area (Å²) in [6, 6.07) is 8.56.